The first kappa shape index (κ1) is 25.8. The van der Waals surface area contributed by atoms with Gasteiger partial charge in [-0.3, -0.25) is 19.1 Å². The minimum Gasteiger partial charge on any atom is -0.335 e. The number of carbonyl (C=O) groups excluding carboxylic acids is 1. The number of Topliss-reactive ketones (excluding diaryl/α,β-unsaturated/α-hetero) is 1. The number of carbonyl (C=O) groups is 1. The van der Waals surface area contributed by atoms with Gasteiger partial charge in [-0.25, -0.2) is 0 Å². The minimum atomic E-state index is -0.320. The van der Waals surface area contributed by atoms with Gasteiger partial charge in [0.1, 0.15) is 11.2 Å². The van der Waals surface area contributed by atoms with Crippen LogP contribution in [0.5, 0.6) is 0 Å². The summed E-state index contributed by atoms with van der Waals surface area (Å²) < 4.78 is 7.08. The van der Waals surface area contributed by atoms with Crippen molar-refractivity contribution in [2.24, 2.45) is 5.73 Å². The minimum absolute atomic E-state index is 0.0457. The number of nitrogens with two attached hydrogens (primary N) is 1. The summed E-state index contributed by atoms with van der Waals surface area (Å²) in [6.45, 7) is 5.29. The number of hydrogen-bond donors (Lipinski definition) is 1. The molecule has 0 spiro atoms. The van der Waals surface area contributed by atoms with E-state index in [4.69, 9.17) is 26.8 Å². The van der Waals surface area contributed by atoms with Crippen LogP contribution in [0.1, 0.15) is 53.2 Å². The first-order valence-electron chi connectivity index (χ1n) is 12.1. The van der Waals surface area contributed by atoms with Gasteiger partial charge < -0.3 is 10.3 Å². The van der Waals surface area contributed by atoms with Crippen LogP contribution >= 0.6 is 11.6 Å². The quantitative estimate of drug-likeness (QED) is 0.300. The average Bonchev–Trinajstić information content (AvgIpc) is 3.26. The first-order valence-corrected chi connectivity index (χ1v) is 12.4. The highest BCUT2D eigenvalue weighted by Gasteiger charge is 2.28. The zero-order chi connectivity index (χ0) is 25.7. The molecular formula is C27H30ClN5O3. The molecule has 2 N–H and O–H groups in total. The lowest BCUT2D eigenvalue weighted by Crippen LogP contribution is -2.39. The second-order valence-corrected chi connectivity index (χ2v) is 9.20. The van der Waals surface area contributed by atoms with Gasteiger partial charge in [-0.2, -0.15) is 4.98 Å². The van der Waals surface area contributed by atoms with Crippen LogP contribution < -0.4 is 11.3 Å². The fourth-order valence-corrected chi connectivity index (χ4v) is 4.54. The molecule has 9 heteroatoms. The molecule has 0 aliphatic carbocycles. The van der Waals surface area contributed by atoms with E-state index in [1.165, 1.54) is 0 Å². The van der Waals surface area contributed by atoms with Gasteiger partial charge in [0.15, 0.2) is 5.78 Å². The summed E-state index contributed by atoms with van der Waals surface area (Å²) in [4.78, 5) is 33.7. The normalized spacial score (nSPS) is 12.4. The largest absolute Gasteiger partial charge is 0.335 e. The summed E-state index contributed by atoms with van der Waals surface area (Å²) in [6, 6.07) is 16.3. The van der Waals surface area contributed by atoms with Gasteiger partial charge in [0.25, 0.3) is 11.3 Å². The third kappa shape index (κ3) is 5.56. The second kappa shape index (κ2) is 11.6. The van der Waals surface area contributed by atoms with E-state index in [2.05, 4.69) is 5.16 Å². The Morgan fingerprint density at radius 1 is 1.17 bits per heavy atom. The Kier molecular flexibility index (Phi) is 8.30. The number of benzene rings is 2. The number of halogens is 1. The van der Waals surface area contributed by atoms with Crippen LogP contribution in [-0.4, -0.2) is 45.0 Å². The molecule has 0 aliphatic heterocycles. The van der Waals surface area contributed by atoms with E-state index in [1.54, 1.807) is 35.8 Å². The number of rotatable bonds is 11. The summed E-state index contributed by atoms with van der Waals surface area (Å²) in [5, 5.41) is 4.92. The zero-order valence-electron chi connectivity index (χ0n) is 20.5. The fourth-order valence-electron chi connectivity index (χ4n) is 4.41. The van der Waals surface area contributed by atoms with E-state index in [0.29, 0.717) is 60.0 Å². The molecule has 4 rings (SSSR count). The van der Waals surface area contributed by atoms with Gasteiger partial charge in [-0.1, -0.05) is 54.0 Å². The predicted octanol–water partition coefficient (Wildman–Crippen LogP) is 4.38. The van der Waals surface area contributed by atoms with Gasteiger partial charge >= 0.3 is 0 Å². The average molecular weight is 508 g/mol. The molecular weight excluding hydrogens is 478 g/mol. The molecule has 2 heterocycles. The molecule has 0 saturated carbocycles. The van der Waals surface area contributed by atoms with Crippen molar-refractivity contribution in [3.05, 3.63) is 92.6 Å². The fraction of sp³-hybridized carbons (Fsp3) is 0.333. The highest BCUT2D eigenvalue weighted by molar-refractivity contribution is 6.30. The van der Waals surface area contributed by atoms with Crippen LogP contribution in [-0.2, 0) is 6.54 Å². The lowest BCUT2D eigenvalue weighted by molar-refractivity contribution is 0.0876. The molecule has 188 valence electrons. The Morgan fingerprint density at radius 2 is 1.89 bits per heavy atom. The van der Waals surface area contributed by atoms with Crippen molar-refractivity contribution in [3.8, 4) is 0 Å². The van der Waals surface area contributed by atoms with Crippen molar-refractivity contribution in [2.75, 3.05) is 19.6 Å². The van der Waals surface area contributed by atoms with Gasteiger partial charge in [0.2, 0.25) is 0 Å². The third-order valence-corrected chi connectivity index (χ3v) is 6.52. The first-order chi connectivity index (χ1) is 17.4. The molecule has 0 fully saturated rings. The van der Waals surface area contributed by atoms with E-state index in [9.17, 15) is 9.59 Å². The van der Waals surface area contributed by atoms with Crippen molar-refractivity contribution in [1.29, 1.82) is 0 Å². The summed E-state index contributed by atoms with van der Waals surface area (Å²) in [5.74, 6) is 0.492. The molecule has 0 amide bonds. The number of aryl methyl sites for hydroxylation is 1. The molecule has 2 aromatic heterocycles. The summed E-state index contributed by atoms with van der Waals surface area (Å²) in [6.07, 6.45) is 1.31. The number of ketones is 1. The van der Waals surface area contributed by atoms with Crippen LogP contribution in [0.2, 0.25) is 5.02 Å². The second-order valence-electron chi connectivity index (χ2n) is 8.76. The smallest absolute Gasteiger partial charge is 0.267 e. The van der Waals surface area contributed by atoms with Gasteiger partial charge in [0.05, 0.1) is 24.8 Å². The molecule has 0 bridgehead atoms. The third-order valence-electron chi connectivity index (χ3n) is 6.27. The molecule has 2 aromatic carbocycles. The molecule has 0 saturated heterocycles. The summed E-state index contributed by atoms with van der Waals surface area (Å²) >= 11 is 6.00. The van der Waals surface area contributed by atoms with Crippen molar-refractivity contribution in [2.45, 2.75) is 39.3 Å². The maximum Gasteiger partial charge on any atom is 0.267 e. The Labute approximate surface area is 214 Å². The summed E-state index contributed by atoms with van der Waals surface area (Å²) in [5.41, 5.74) is 7.87. The van der Waals surface area contributed by atoms with Crippen LogP contribution in [0.4, 0.5) is 0 Å². The van der Waals surface area contributed by atoms with Crippen molar-refractivity contribution in [1.82, 2.24) is 19.6 Å². The van der Waals surface area contributed by atoms with Crippen molar-refractivity contribution in [3.63, 3.8) is 0 Å². The predicted molar refractivity (Wildman–Crippen MR) is 140 cm³/mol. The van der Waals surface area contributed by atoms with Crippen LogP contribution in [0.3, 0.4) is 0 Å². The van der Waals surface area contributed by atoms with Crippen LogP contribution in [0.25, 0.3) is 11.1 Å². The Bertz CT molecular complexity index is 1380. The van der Waals surface area contributed by atoms with Crippen LogP contribution in [0.15, 0.2) is 63.9 Å². The molecule has 0 aliphatic rings. The lowest BCUT2D eigenvalue weighted by Gasteiger charge is -2.31. The van der Waals surface area contributed by atoms with Gasteiger partial charge in [-0.05, 0) is 56.1 Å². The van der Waals surface area contributed by atoms with E-state index >= 15 is 0 Å². The van der Waals surface area contributed by atoms with E-state index in [1.807, 2.05) is 42.2 Å². The number of fused-ring (bicyclic) bond motifs is 1. The highest BCUT2D eigenvalue weighted by Crippen LogP contribution is 2.26. The maximum atomic E-state index is 13.7. The SMILES string of the molecule is CCC(c1nc2onc(C)c2c(=O)n1Cc1ccccc1)N(CCCN)CC(=O)c1ccc(Cl)cc1. The Balaban J connectivity index is 1.78. The zero-order valence-corrected chi connectivity index (χ0v) is 21.2. The molecule has 0 radical (unpaired) electrons. The molecule has 4 aromatic rings. The number of hydrogen-bond acceptors (Lipinski definition) is 7. The number of nitrogens with zero attached hydrogens (tertiary/aromatic N) is 4. The van der Waals surface area contributed by atoms with E-state index in [-0.39, 0.29) is 29.6 Å². The Hall–Kier alpha value is -3.33. The molecule has 36 heavy (non-hydrogen) atoms. The molecule has 8 nitrogen and oxygen atoms in total. The lowest BCUT2D eigenvalue weighted by atomic mass is 10.1. The van der Waals surface area contributed by atoms with E-state index in [0.717, 1.165) is 5.56 Å². The highest BCUT2D eigenvalue weighted by atomic mass is 35.5. The van der Waals surface area contributed by atoms with Gasteiger partial charge in [0, 0.05) is 17.1 Å². The molecule has 1 unspecified atom stereocenters. The van der Waals surface area contributed by atoms with Gasteiger partial charge in [-0.15, -0.1) is 0 Å². The van der Waals surface area contributed by atoms with Crippen LogP contribution in [0, 0.1) is 6.92 Å². The monoisotopic (exact) mass is 507 g/mol. The van der Waals surface area contributed by atoms with Crippen molar-refractivity contribution >= 4 is 28.5 Å². The Morgan fingerprint density at radius 3 is 2.56 bits per heavy atom. The number of aromatic nitrogens is 3. The maximum absolute atomic E-state index is 13.7. The summed E-state index contributed by atoms with van der Waals surface area (Å²) in [7, 11) is 0. The topological polar surface area (TPSA) is 107 Å². The van der Waals surface area contributed by atoms with E-state index < -0.39 is 0 Å². The van der Waals surface area contributed by atoms with Crippen molar-refractivity contribution < 1.29 is 9.32 Å². The standard InChI is InChI=1S/C27H30ClN5O3/c1-3-22(32(15-7-14-29)17-23(34)20-10-12-21(28)13-11-20)25-30-26-24(18(2)31-36-26)27(35)33(25)16-19-8-5-4-6-9-19/h4-6,8-13,22H,3,7,14-17,29H2,1-2H3. The molecule has 1 atom stereocenters.